The van der Waals surface area contributed by atoms with E-state index in [1.54, 1.807) is 0 Å². The van der Waals surface area contributed by atoms with E-state index in [0.717, 1.165) is 38.1 Å². The van der Waals surface area contributed by atoms with Gasteiger partial charge in [-0.3, -0.25) is 4.79 Å². The van der Waals surface area contributed by atoms with E-state index in [4.69, 9.17) is 9.47 Å². The highest BCUT2D eigenvalue weighted by molar-refractivity contribution is 5.72. The van der Waals surface area contributed by atoms with Crippen molar-refractivity contribution >= 4 is 5.97 Å². The molecule has 1 aromatic rings. The van der Waals surface area contributed by atoms with E-state index >= 15 is 0 Å². The average molecular weight is 347 g/mol. The number of aryl methyl sites for hydroxylation is 2. The summed E-state index contributed by atoms with van der Waals surface area (Å²) in [7, 11) is 0. The predicted molar refractivity (Wildman–Crippen MR) is 95.8 cm³/mol. The fourth-order valence-electron chi connectivity index (χ4n) is 3.79. The van der Waals surface area contributed by atoms with Crippen LogP contribution in [-0.4, -0.2) is 54.9 Å². The molecule has 5 nitrogen and oxygen atoms in total. The normalized spacial score (nSPS) is 19.4. The van der Waals surface area contributed by atoms with E-state index < -0.39 is 6.10 Å². The number of fused-ring (bicyclic) bond motifs is 1. The number of aliphatic hydroxyl groups is 1. The van der Waals surface area contributed by atoms with E-state index in [1.807, 2.05) is 13.0 Å². The van der Waals surface area contributed by atoms with E-state index in [-0.39, 0.29) is 11.9 Å². The van der Waals surface area contributed by atoms with Gasteiger partial charge in [-0.05, 0) is 75.4 Å². The Morgan fingerprint density at radius 1 is 1.28 bits per heavy atom. The minimum atomic E-state index is -0.521. The van der Waals surface area contributed by atoms with E-state index in [9.17, 15) is 9.90 Å². The Hall–Kier alpha value is -1.59. The molecule has 1 N–H and O–H groups in total. The van der Waals surface area contributed by atoms with Gasteiger partial charge in [-0.2, -0.15) is 0 Å². The molecule has 1 saturated heterocycles. The number of aliphatic hydroxyl groups excluding tert-OH is 1. The summed E-state index contributed by atoms with van der Waals surface area (Å²) in [5.41, 5.74) is 2.81. The van der Waals surface area contributed by atoms with Gasteiger partial charge in [0.1, 0.15) is 18.5 Å². The smallest absolute Gasteiger partial charge is 0.309 e. The van der Waals surface area contributed by atoms with E-state index in [1.165, 1.54) is 24.0 Å². The molecule has 1 aliphatic carbocycles. The van der Waals surface area contributed by atoms with Crippen molar-refractivity contribution in [2.45, 2.75) is 45.1 Å². The fourth-order valence-corrected chi connectivity index (χ4v) is 3.79. The van der Waals surface area contributed by atoms with Crippen LogP contribution < -0.4 is 4.74 Å². The van der Waals surface area contributed by atoms with Gasteiger partial charge in [0.15, 0.2) is 0 Å². The van der Waals surface area contributed by atoms with Crippen LogP contribution in [0.4, 0.5) is 0 Å². The third kappa shape index (κ3) is 4.95. The number of benzene rings is 1. The number of nitrogens with zero attached hydrogens (tertiary/aromatic N) is 1. The molecule has 2 aliphatic rings. The molecule has 1 atom stereocenters. The lowest BCUT2D eigenvalue weighted by Gasteiger charge is -2.32. The van der Waals surface area contributed by atoms with Crippen molar-refractivity contribution in [1.82, 2.24) is 4.90 Å². The van der Waals surface area contributed by atoms with Gasteiger partial charge in [-0.25, -0.2) is 0 Å². The Bertz CT molecular complexity index is 581. The number of rotatable bonds is 7. The second-order valence-electron chi connectivity index (χ2n) is 7.08. The Balaban J connectivity index is 1.38. The summed E-state index contributed by atoms with van der Waals surface area (Å²) < 4.78 is 10.9. The molecule has 0 aromatic heterocycles. The van der Waals surface area contributed by atoms with Crippen molar-refractivity contribution < 1.29 is 19.4 Å². The largest absolute Gasteiger partial charge is 0.491 e. The number of likely N-dealkylation sites (tertiary alicyclic amines) is 1. The molecule has 0 amide bonds. The summed E-state index contributed by atoms with van der Waals surface area (Å²) in [6.45, 7) is 4.80. The first kappa shape index (κ1) is 18.2. The Morgan fingerprint density at radius 3 is 2.80 bits per heavy atom. The Labute approximate surface area is 149 Å². The van der Waals surface area contributed by atoms with Crippen LogP contribution in [0.1, 0.15) is 37.3 Å². The topological polar surface area (TPSA) is 59.0 Å². The summed E-state index contributed by atoms with van der Waals surface area (Å²) in [6.07, 6.45) is 4.61. The minimum absolute atomic E-state index is 0.0102. The molecule has 5 heteroatoms. The van der Waals surface area contributed by atoms with Crippen molar-refractivity contribution in [3.8, 4) is 5.75 Å². The SMILES string of the molecule is CCOC(=O)C1CCN(C[C@@H](O)COc2ccc3c(c2)CCC3)CC1. The lowest BCUT2D eigenvalue weighted by atomic mass is 9.97. The predicted octanol–water partition coefficient (Wildman–Crippen LogP) is 2.19. The quantitative estimate of drug-likeness (QED) is 0.766. The minimum Gasteiger partial charge on any atom is -0.491 e. The molecule has 1 aromatic carbocycles. The Morgan fingerprint density at radius 2 is 2.04 bits per heavy atom. The lowest BCUT2D eigenvalue weighted by molar-refractivity contribution is -0.149. The molecule has 0 bridgehead atoms. The van der Waals surface area contributed by atoms with Crippen LogP contribution in [0.25, 0.3) is 0 Å². The molecule has 3 rings (SSSR count). The molecular weight excluding hydrogens is 318 g/mol. The first-order chi connectivity index (χ1) is 12.2. The van der Waals surface area contributed by atoms with Gasteiger partial charge in [0.2, 0.25) is 0 Å². The molecule has 1 aliphatic heterocycles. The van der Waals surface area contributed by atoms with E-state index in [0.29, 0.717) is 19.8 Å². The van der Waals surface area contributed by atoms with Gasteiger partial charge in [0.05, 0.1) is 12.5 Å². The highest BCUT2D eigenvalue weighted by Crippen LogP contribution is 2.26. The van der Waals surface area contributed by atoms with Gasteiger partial charge in [0, 0.05) is 6.54 Å². The third-order valence-electron chi connectivity index (χ3n) is 5.19. The van der Waals surface area contributed by atoms with Crippen molar-refractivity contribution in [3.05, 3.63) is 29.3 Å². The van der Waals surface area contributed by atoms with Crippen LogP contribution in [0, 0.1) is 5.92 Å². The standard InChI is InChI=1S/C20H29NO4/c1-2-24-20(23)16-8-10-21(11-9-16)13-18(22)14-25-19-7-6-15-4-3-5-17(15)12-19/h6-7,12,16,18,22H,2-5,8-11,13-14H2,1H3/t18-/m1/s1. The summed E-state index contributed by atoms with van der Waals surface area (Å²) in [5.74, 6) is 0.777. The van der Waals surface area contributed by atoms with Crippen LogP contribution in [0.15, 0.2) is 18.2 Å². The van der Waals surface area contributed by atoms with Gasteiger partial charge >= 0.3 is 5.97 Å². The molecule has 138 valence electrons. The van der Waals surface area contributed by atoms with Crippen LogP contribution in [0.5, 0.6) is 5.75 Å². The molecule has 1 heterocycles. The Kier molecular flexibility index (Phi) is 6.32. The molecule has 0 spiro atoms. The van der Waals surface area contributed by atoms with Gasteiger partial charge in [-0.1, -0.05) is 6.07 Å². The second kappa shape index (κ2) is 8.68. The van der Waals surface area contributed by atoms with Gasteiger partial charge in [0.25, 0.3) is 0 Å². The third-order valence-corrected chi connectivity index (χ3v) is 5.19. The number of β-amino-alcohol motifs (C(OH)–C–C–N with tert-alkyl or cyclic N) is 1. The van der Waals surface area contributed by atoms with E-state index in [2.05, 4.69) is 17.0 Å². The van der Waals surface area contributed by atoms with Crippen LogP contribution in [0.3, 0.4) is 0 Å². The maximum Gasteiger partial charge on any atom is 0.309 e. The number of carbonyl (C=O) groups excluding carboxylic acids is 1. The summed E-state index contributed by atoms with van der Waals surface area (Å²) >= 11 is 0. The zero-order valence-corrected chi connectivity index (χ0v) is 15.1. The number of hydrogen-bond donors (Lipinski definition) is 1. The van der Waals surface area contributed by atoms with Crippen LogP contribution >= 0.6 is 0 Å². The first-order valence-corrected chi connectivity index (χ1v) is 9.47. The number of piperidine rings is 1. The van der Waals surface area contributed by atoms with Gasteiger partial charge in [-0.15, -0.1) is 0 Å². The zero-order valence-electron chi connectivity index (χ0n) is 15.1. The number of carbonyl (C=O) groups is 1. The first-order valence-electron chi connectivity index (χ1n) is 9.47. The van der Waals surface area contributed by atoms with Crippen molar-refractivity contribution in [2.24, 2.45) is 5.92 Å². The highest BCUT2D eigenvalue weighted by Gasteiger charge is 2.26. The molecule has 1 fully saturated rings. The highest BCUT2D eigenvalue weighted by atomic mass is 16.5. The average Bonchev–Trinajstić information content (AvgIpc) is 3.08. The molecule has 25 heavy (non-hydrogen) atoms. The maximum atomic E-state index is 11.8. The summed E-state index contributed by atoms with van der Waals surface area (Å²) in [6, 6.07) is 6.26. The molecular formula is C20H29NO4. The lowest BCUT2D eigenvalue weighted by Crippen LogP contribution is -2.42. The van der Waals surface area contributed by atoms with Crippen molar-refractivity contribution in [3.63, 3.8) is 0 Å². The van der Waals surface area contributed by atoms with Crippen molar-refractivity contribution in [2.75, 3.05) is 32.8 Å². The van der Waals surface area contributed by atoms with Crippen LogP contribution in [-0.2, 0) is 22.4 Å². The summed E-state index contributed by atoms with van der Waals surface area (Å²) in [4.78, 5) is 14.0. The number of hydrogen-bond acceptors (Lipinski definition) is 5. The monoisotopic (exact) mass is 347 g/mol. The van der Waals surface area contributed by atoms with Gasteiger partial charge < -0.3 is 19.5 Å². The molecule has 0 saturated carbocycles. The molecule has 0 unspecified atom stereocenters. The number of esters is 1. The fraction of sp³-hybridized carbons (Fsp3) is 0.650. The number of ether oxygens (including phenoxy) is 2. The van der Waals surface area contributed by atoms with Crippen molar-refractivity contribution in [1.29, 1.82) is 0 Å². The molecule has 0 radical (unpaired) electrons. The zero-order chi connectivity index (χ0) is 17.6. The second-order valence-corrected chi connectivity index (χ2v) is 7.08. The maximum absolute atomic E-state index is 11.8. The van der Waals surface area contributed by atoms with Crippen LogP contribution in [0.2, 0.25) is 0 Å². The summed E-state index contributed by atoms with van der Waals surface area (Å²) in [5, 5.41) is 10.3.